The Morgan fingerprint density at radius 1 is 1.16 bits per heavy atom. The van der Waals surface area contributed by atoms with Crippen LogP contribution in [0.3, 0.4) is 0 Å². The van der Waals surface area contributed by atoms with Gasteiger partial charge in [0.1, 0.15) is 11.6 Å². The highest BCUT2D eigenvalue weighted by Gasteiger charge is 2.28. The van der Waals surface area contributed by atoms with Gasteiger partial charge in [0.05, 0.1) is 5.69 Å². The van der Waals surface area contributed by atoms with Gasteiger partial charge in [0.2, 0.25) is 0 Å². The summed E-state index contributed by atoms with van der Waals surface area (Å²) in [5.74, 6) is 8.93. The van der Waals surface area contributed by atoms with Crippen LogP contribution in [0.15, 0.2) is 18.3 Å². The van der Waals surface area contributed by atoms with Crippen molar-refractivity contribution in [3.63, 3.8) is 0 Å². The third kappa shape index (κ3) is 2.08. The van der Waals surface area contributed by atoms with E-state index in [0.717, 1.165) is 17.3 Å². The molecule has 0 aliphatic heterocycles. The lowest BCUT2D eigenvalue weighted by Gasteiger charge is -2.07. The summed E-state index contributed by atoms with van der Waals surface area (Å²) >= 11 is 0. The molecule has 6 heteroatoms. The number of nitrogens with two attached hydrogens (primary N) is 1. The Bertz CT molecular complexity index is 611. The molecule has 2 aromatic rings. The standard InChI is InChI=1S/C13H16N6/c14-17-11-7-12(16-13(15-11)9-3-4-9)19-6-5-10(18-19)8-1-2-8/h5-9H,1-4,14H2,(H,15,16,17). The van der Waals surface area contributed by atoms with E-state index >= 15 is 0 Å². The van der Waals surface area contributed by atoms with Gasteiger partial charge in [-0.2, -0.15) is 5.10 Å². The average Bonchev–Trinajstić information content (AvgIpc) is 3.36. The number of hydrogen-bond acceptors (Lipinski definition) is 5. The van der Waals surface area contributed by atoms with E-state index in [9.17, 15) is 0 Å². The van der Waals surface area contributed by atoms with Gasteiger partial charge in [0.25, 0.3) is 0 Å². The molecule has 6 nitrogen and oxygen atoms in total. The number of nitrogens with zero attached hydrogens (tertiary/aromatic N) is 4. The second-order valence-corrected chi connectivity index (χ2v) is 5.35. The van der Waals surface area contributed by atoms with Crippen LogP contribution in [-0.2, 0) is 0 Å². The first kappa shape index (κ1) is 10.9. The molecule has 98 valence electrons. The Morgan fingerprint density at radius 2 is 1.95 bits per heavy atom. The Labute approximate surface area is 111 Å². The largest absolute Gasteiger partial charge is 0.308 e. The van der Waals surface area contributed by atoms with Crippen LogP contribution >= 0.6 is 0 Å². The quantitative estimate of drug-likeness (QED) is 0.642. The summed E-state index contributed by atoms with van der Waals surface area (Å²) in [7, 11) is 0. The fourth-order valence-electron chi connectivity index (χ4n) is 2.23. The highest BCUT2D eigenvalue weighted by molar-refractivity contribution is 5.41. The zero-order valence-electron chi connectivity index (χ0n) is 10.6. The second kappa shape index (κ2) is 4.03. The second-order valence-electron chi connectivity index (χ2n) is 5.35. The zero-order valence-corrected chi connectivity index (χ0v) is 10.6. The molecule has 0 unspecified atom stereocenters. The van der Waals surface area contributed by atoms with Gasteiger partial charge in [-0.05, 0) is 31.7 Å². The lowest BCUT2D eigenvalue weighted by molar-refractivity contribution is 0.788. The number of hydrazine groups is 1. The van der Waals surface area contributed by atoms with E-state index in [4.69, 9.17) is 5.84 Å². The van der Waals surface area contributed by atoms with Gasteiger partial charge in [-0.1, -0.05) is 0 Å². The van der Waals surface area contributed by atoms with Crippen molar-refractivity contribution in [1.82, 2.24) is 19.7 Å². The molecule has 19 heavy (non-hydrogen) atoms. The van der Waals surface area contributed by atoms with Crippen molar-refractivity contribution in [2.45, 2.75) is 37.5 Å². The summed E-state index contributed by atoms with van der Waals surface area (Å²) < 4.78 is 1.82. The smallest absolute Gasteiger partial charge is 0.159 e. The van der Waals surface area contributed by atoms with Crippen molar-refractivity contribution in [2.24, 2.45) is 5.84 Å². The lowest BCUT2D eigenvalue weighted by atomic mass is 10.3. The van der Waals surface area contributed by atoms with Crippen LogP contribution in [-0.4, -0.2) is 19.7 Å². The van der Waals surface area contributed by atoms with E-state index in [2.05, 4.69) is 26.6 Å². The maximum Gasteiger partial charge on any atom is 0.159 e. The van der Waals surface area contributed by atoms with E-state index in [1.807, 2.05) is 16.9 Å². The molecule has 2 aromatic heterocycles. The SMILES string of the molecule is NNc1cc(-n2ccc(C3CC3)n2)nc(C2CC2)n1. The Kier molecular flexibility index (Phi) is 2.32. The molecule has 2 heterocycles. The summed E-state index contributed by atoms with van der Waals surface area (Å²) in [5.41, 5.74) is 3.77. The molecule has 0 radical (unpaired) electrons. The van der Waals surface area contributed by atoms with Crippen LogP contribution in [0, 0.1) is 0 Å². The fourth-order valence-corrected chi connectivity index (χ4v) is 2.23. The zero-order chi connectivity index (χ0) is 12.8. The van der Waals surface area contributed by atoms with Crippen molar-refractivity contribution in [3.8, 4) is 5.82 Å². The topological polar surface area (TPSA) is 81.6 Å². The molecule has 0 saturated heterocycles. The molecule has 2 saturated carbocycles. The third-order valence-electron chi connectivity index (χ3n) is 3.66. The first-order valence-electron chi connectivity index (χ1n) is 6.75. The number of rotatable bonds is 4. The van der Waals surface area contributed by atoms with E-state index < -0.39 is 0 Å². The normalized spacial score (nSPS) is 18.6. The minimum atomic E-state index is 0.491. The van der Waals surface area contributed by atoms with Crippen LogP contribution in [0.5, 0.6) is 0 Å². The van der Waals surface area contributed by atoms with Crippen molar-refractivity contribution in [3.05, 3.63) is 29.8 Å². The number of nitrogens with one attached hydrogen (secondary N) is 1. The first-order valence-corrected chi connectivity index (χ1v) is 6.75. The van der Waals surface area contributed by atoms with Crippen LogP contribution in [0.4, 0.5) is 5.82 Å². The van der Waals surface area contributed by atoms with Gasteiger partial charge in [0.15, 0.2) is 5.82 Å². The number of aromatic nitrogens is 4. The molecule has 2 aliphatic carbocycles. The molecule has 2 fully saturated rings. The van der Waals surface area contributed by atoms with Gasteiger partial charge < -0.3 is 5.43 Å². The van der Waals surface area contributed by atoms with Crippen LogP contribution < -0.4 is 11.3 Å². The van der Waals surface area contributed by atoms with Crippen LogP contribution in [0.25, 0.3) is 5.82 Å². The lowest BCUT2D eigenvalue weighted by Crippen LogP contribution is -2.12. The Balaban J connectivity index is 1.72. The summed E-state index contributed by atoms with van der Waals surface area (Å²) in [6.07, 6.45) is 6.81. The predicted molar refractivity (Wildman–Crippen MR) is 70.9 cm³/mol. The number of nitrogen functional groups attached to an aromatic ring is 1. The molecule has 0 bridgehead atoms. The van der Waals surface area contributed by atoms with Crippen LogP contribution in [0.2, 0.25) is 0 Å². The van der Waals surface area contributed by atoms with Crippen molar-refractivity contribution in [2.75, 3.05) is 5.43 Å². The van der Waals surface area contributed by atoms with E-state index in [1.54, 1.807) is 0 Å². The first-order chi connectivity index (χ1) is 9.33. The molecule has 0 aromatic carbocycles. The molecule has 4 rings (SSSR count). The molecular weight excluding hydrogens is 240 g/mol. The maximum absolute atomic E-state index is 5.48. The molecule has 3 N–H and O–H groups in total. The van der Waals surface area contributed by atoms with Crippen molar-refractivity contribution < 1.29 is 0 Å². The molecule has 0 spiro atoms. The Morgan fingerprint density at radius 3 is 2.63 bits per heavy atom. The minimum Gasteiger partial charge on any atom is -0.308 e. The van der Waals surface area contributed by atoms with Gasteiger partial charge in [-0.15, -0.1) is 0 Å². The highest BCUT2D eigenvalue weighted by Crippen LogP contribution is 2.40. The molecule has 0 atom stereocenters. The average molecular weight is 256 g/mol. The maximum atomic E-state index is 5.48. The van der Waals surface area contributed by atoms with Crippen LogP contribution in [0.1, 0.15) is 49.0 Å². The summed E-state index contributed by atoms with van der Waals surface area (Å²) in [6.45, 7) is 0. The van der Waals surface area contributed by atoms with Gasteiger partial charge in [0, 0.05) is 24.1 Å². The van der Waals surface area contributed by atoms with Gasteiger partial charge >= 0.3 is 0 Å². The molecule has 0 amide bonds. The summed E-state index contributed by atoms with van der Waals surface area (Å²) in [4.78, 5) is 9.01. The van der Waals surface area contributed by atoms with E-state index in [1.165, 1.54) is 25.7 Å². The molecule has 2 aliphatic rings. The predicted octanol–water partition coefficient (Wildman–Crippen LogP) is 1.70. The summed E-state index contributed by atoms with van der Waals surface area (Å²) in [5, 5.41) is 4.60. The number of anilines is 1. The third-order valence-corrected chi connectivity index (χ3v) is 3.66. The van der Waals surface area contributed by atoms with E-state index in [0.29, 0.717) is 17.7 Å². The van der Waals surface area contributed by atoms with E-state index in [-0.39, 0.29) is 0 Å². The monoisotopic (exact) mass is 256 g/mol. The van der Waals surface area contributed by atoms with Crippen molar-refractivity contribution >= 4 is 5.82 Å². The molecular formula is C13H16N6. The fraction of sp³-hybridized carbons (Fsp3) is 0.462. The highest BCUT2D eigenvalue weighted by atomic mass is 15.3. The Hall–Kier alpha value is -1.95. The minimum absolute atomic E-state index is 0.491. The van der Waals surface area contributed by atoms with Gasteiger partial charge in [-0.25, -0.2) is 20.5 Å². The van der Waals surface area contributed by atoms with Crippen molar-refractivity contribution in [1.29, 1.82) is 0 Å². The van der Waals surface area contributed by atoms with Gasteiger partial charge in [-0.3, -0.25) is 0 Å². The summed E-state index contributed by atoms with van der Waals surface area (Å²) in [6, 6.07) is 3.90. The number of hydrogen-bond donors (Lipinski definition) is 2.